The van der Waals surface area contributed by atoms with Gasteiger partial charge in [0, 0.05) is 6.54 Å². The molecule has 3 aromatic carbocycles. The summed E-state index contributed by atoms with van der Waals surface area (Å²) in [7, 11) is 0. The molecule has 180 valence electrons. The summed E-state index contributed by atoms with van der Waals surface area (Å²) >= 11 is 0. The lowest BCUT2D eigenvalue weighted by Crippen LogP contribution is -2.35. The molecule has 2 heterocycles. The van der Waals surface area contributed by atoms with Crippen LogP contribution in [0.15, 0.2) is 91.0 Å². The van der Waals surface area contributed by atoms with E-state index in [0.717, 1.165) is 31.3 Å². The number of aryl methyl sites for hydroxylation is 1. The quantitative estimate of drug-likeness (QED) is 0.287. The third-order valence-electron chi connectivity index (χ3n) is 7.25. The Balaban J connectivity index is 1.13. The molecular formula is C30H35N5. The molecule has 0 amide bonds. The number of rotatable bonds is 10. The smallest absolute Gasteiger partial charge is 0.163 e. The predicted octanol–water partition coefficient (Wildman–Crippen LogP) is 5.59. The van der Waals surface area contributed by atoms with Gasteiger partial charge < -0.3 is 4.90 Å². The van der Waals surface area contributed by atoms with Gasteiger partial charge in [-0.3, -0.25) is 0 Å². The summed E-state index contributed by atoms with van der Waals surface area (Å²) in [5, 5.41) is 12.9. The number of piperidine rings is 1. The van der Waals surface area contributed by atoms with Gasteiger partial charge in [-0.25, -0.2) is 4.68 Å². The molecule has 0 aliphatic carbocycles. The van der Waals surface area contributed by atoms with Crippen LogP contribution in [0.4, 0.5) is 0 Å². The molecule has 5 rings (SSSR count). The van der Waals surface area contributed by atoms with Crippen LogP contribution in [0, 0.1) is 5.92 Å². The Labute approximate surface area is 208 Å². The van der Waals surface area contributed by atoms with Crippen molar-refractivity contribution in [2.24, 2.45) is 5.92 Å². The Morgan fingerprint density at radius 3 is 1.91 bits per heavy atom. The van der Waals surface area contributed by atoms with Gasteiger partial charge in [0.15, 0.2) is 5.82 Å². The topological polar surface area (TPSA) is 46.8 Å². The predicted molar refractivity (Wildman–Crippen MR) is 140 cm³/mol. The molecule has 0 atom stereocenters. The molecule has 35 heavy (non-hydrogen) atoms. The van der Waals surface area contributed by atoms with E-state index in [9.17, 15) is 0 Å². The van der Waals surface area contributed by atoms with Crippen molar-refractivity contribution >= 4 is 0 Å². The third-order valence-corrected chi connectivity index (χ3v) is 7.25. The van der Waals surface area contributed by atoms with Crippen molar-refractivity contribution in [1.82, 2.24) is 25.1 Å². The second-order valence-corrected chi connectivity index (χ2v) is 9.70. The second-order valence-electron chi connectivity index (χ2n) is 9.70. The zero-order valence-corrected chi connectivity index (χ0v) is 20.4. The highest BCUT2D eigenvalue weighted by atomic mass is 15.5. The number of hydrogen-bond acceptors (Lipinski definition) is 4. The minimum atomic E-state index is 0.0380. The van der Waals surface area contributed by atoms with Crippen LogP contribution in [0.25, 0.3) is 0 Å². The minimum Gasteiger partial charge on any atom is -0.303 e. The van der Waals surface area contributed by atoms with Crippen molar-refractivity contribution in [1.29, 1.82) is 0 Å². The Morgan fingerprint density at radius 1 is 0.714 bits per heavy atom. The standard InChI is InChI=1S/C30H35N5/c1-4-12-25(13-5-1)24-26-18-22-34(23-19-26)20-10-11-21-35-30(31-32-33-35)29(27-14-6-2-7-15-27)28-16-8-3-9-17-28/h1-9,12-17,26,29H,10-11,18-24H2. The molecule has 0 bridgehead atoms. The monoisotopic (exact) mass is 465 g/mol. The molecule has 0 N–H and O–H groups in total. The van der Waals surface area contributed by atoms with Crippen LogP contribution in [0.3, 0.4) is 0 Å². The number of tetrazole rings is 1. The summed E-state index contributed by atoms with van der Waals surface area (Å²) < 4.78 is 2.01. The van der Waals surface area contributed by atoms with E-state index in [1.807, 2.05) is 4.68 Å². The molecule has 0 radical (unpaired) electrons. The molecular weight excluding hydrogens is 430 g/mol. The van der Waals surface area contributed by atoms with E-state index in [1.54, 1.807) is 0 Å². The summed E-state index contributed by atoms with van der Waals surface area (Å²) in [6, 6.07) is 32.1. The van der Waals surface area contributed by atoms with E-state index in [4.69, 9.17) is 0 Å². The summed E-state index contributed by atoms with van der Waals surface area (Å²) in [6.07, 6.45) is 6.09. The van der Waals surface area contributed by atoms with Crippen LogP contribution in [0.1, 0.15) is 54.1 Å². The third kappa shape index (κ3) is 6.23. The fraction of sp³-hybridized carbons (Fsp3) is 0.367. The molecule has 1 aromatic heterocycles. The largest absolute Gasteiger partial charge is 0.303 e. The van der Waals surface area contributed by atoms with Crippen molar-refractivity contribution in [3.05, 3.63) is 114 Å². The Kier molecular flexibility index (Phi) is 7.96. The normalized spacial score (nSPS) is 15.0. The van der Waals surface area contributed by atoms with E-state index in [1.165, 1.54) is 55.5 Å². The van der Waals surface area contributed by atoms with Gasteiger partial charge in [-0.05, 0) is 84.8 Å². The lowest BCUT2D eigenvalue weighted by Gasteiger charge is -2.32. The lowest BCUT2D eigenvalue weighted by molar-refractivity contribution is 0.180. The first-order chi connectivity index (χ1) is 17.4. The fourth-order valence-electron chi connectivity index (χ4n) is 5.32. The maximum Gasteiger partial charge on any atom is 0.163 e. The molecule has 1 fully saturated rings. The van der Waals surface area contributed by atoms with Gasteiger partial charge >= 0.3 is 0 Å². The minimum absolute atomic E-state index is 0.0380. The van der Waals surface area contributed by atoms with E-state index in [-0.39, 0.29) is 5.92 Å². The van der Waals surface area contributed by atoms with Gasteiger partial charge in [-0.2, -0.15) is 0 Å². The molecule has 1 aliphatic heterocycles. The summed E-state index contributed by atoms with van der Waals surface area (Å²) in [4.78, 5) is 2.64. The van der Waals surface area contributed by atoms with E-state index >= 15 is 0 Å². The lowest BCUT2D eigenvalue weighted by atomic mass is 9.90. The summed E-state index contributed by atoms with van der Waals surface area (Å²) in [5.41, 5.74) is 3.91. The average molecular weight is 466 g/mol. The Hall–Kier alpha value is -3.31. The zero-order valence-electron chi connectivity index (χ0n) is 20.4. The SMILES string of the molecule is c1ccc(CC2CCN(CCCCn3nnnc3C(c3ccccc3)c3ccccc3)CC2)cc1. The van der Waals surface area contributed by atoms with Gasteiger partial charge in [0.05, 0.1) is 5.92 Å². The molecule has 1 saturated heterocycles. The van der Waals surface area contributed by atoms with Crippen molar-refractivity contribution < 1.29 is 0 Å². The Bertz CT molecular complexity index is 1100. The maximum absolute atomic E-state index is 4.47. The average Bonchev–Trinajstić information content (AvgIpc) is 3.37. The van der Waals surface area contributed by atoms with Crippen molar-refractivity contribution in [3.63, 3.8) is 0 Å². The first-order valence-electron chi connectivity index (χ1n) is 13.0. The van der Waals surface area contributed by atoms with Crippen molar-refractivity contribution in [2.75, 3.05) is 19.6 Å². The zero-order chi connectivity index (χ0) is 23.7. The molecule has 4 aromatic rings. The molecule has 0 spiro atoms. The molecule has 0 unspecified atom stereocenters. The number of hydrogen-bond donors (Lipinski definition) is 0. The highest BCUT2D eigenvalue weighted by Crippen LogP contribution is 2.30. The summed E-state index contributed by atoms with van der Waals surface area (Å²) in [5.74, 6) is 1.78. The van der Waals surface area contributed by atoms with Gasteiger partial charge in [0.2, 0.25) is 0 Å². The summed E-state index contributed by atoms with van der Waals surface area (Å²) in [6.45, 7) is 4.45. The van der Waals surface area contributed by atoms with Crippen LogP contribution < -0.4 is 0 Å². The van der Waals surface area contributed by atoms with Gasteiger partial charge in [0.1, 0.15) is 0 Å². The number of benzene rings is 3. The van der Waals surface area contributed by atoms with Crippen LogP contribution in [-0.4, -0.2) is 44.7 Å². The number of aromatic nitrogens is 4. The first kappa shape index (κ1) is 23.4. The van der Waals surface area contributed by atoms with Crippen molar-refractivity contribution in [2.45, 2.75) is 44.6 Å². The highest BCUT2D eigenvalue weighted by Gasteiger charge is 2.23. The number of nitrogens with zero attached hydrogens (tertiary/aromatic N) is 5. The number of likely N-dealkylation sites (tertiary alicyclic amines) is 1. The molecule has 5 heteroatoms. The highest BCUT2D eigenvalue weighted by molar-refractivity contribution is 5.37. The van der Waals surface area contributed by atoms with Gasteiger partial charge in [-0.1, -0.05) is 91.0 Å². The van der Waals surface area contributed by atoms with E-state index in [0.29, 0.717) is 0 Å². The second kappa shape index (κ2) is 11.9. The van der Waals surface area contributed by atoms with Crippen LogP contribution >= 0.6 is 0 Å². The van der Waals surface area contributed by atoms with Gasteiger partial charge in [-0.15, -0.1) is 5.10 Å². The van der Waals surface area contributed by atoms with E-state index < -0.39 is 0 Å². The maximum atomic E-state index is 4.47. The molecule has 0 saturated carbocycles. The van der Waals surface area contributed by atoms with Gasteiger partial charge in [0.25, 0.3) is 0 Å². The molecule has 5 nitrogen and oxygen atoms in total. The van der Waals surface area contributed by atoms with Crippen molar-refractivity contribution in [3.8, 4) is 0 Å². The first-order valence-corrected chi connectivity index (χ1v) is 13.0. The van der Waals surface area contributed by atoms with Crippen LogP contribution in [-0.2, 0) is 13.0 Å². The fourth-order valence-corrected chi connectivity index (χ4v) is 5.32. The molecule has 1 aliphatic rings. The van der Waals surface area contributed by atoms with Crippen LogP contribution in [0.5, 0.6) is 0 Å². The van der Waals surface area contributed by atoms with Crippen LogP contribution in [0.2, 0.25) is 0 Å². The van der Waals surface area contributed by atoms with E-state index in [2.05, 4.69) is 111 Å². The Morgan fingerprint density at radius 2 is 1.29 bits per heavy atom. The number of unbranched alkanes of at least 4 members (excludes halogenated alkanes) is 1.